The molecule has 2 aliphatic carbocycles. The summed E-state index contributed by atoms with van der Waals surface area (Å²) in [5.74, 6) is 1.26. The number of nitrogens with one attached hydrogen (secondary N) is 1. The van der Waals surface area contributed by atoms with Crippen LogP contribution in [0.2, 0.25) is 0 Å². The fourth-order valence-corrected chi connectivity index (χ4v) is 5.06. The van der Waals surface area contributed by atoms with Gasteiger partial charge in [0, 0.05) is 29.7 Å². The lowest BCUT2D eigenvalue weighted by Crippen LogP contribution is -2.33. The molecule has 0 radical (unpaired) electrons. The van der Waals surface area contributed by atoms with E-state index < -0.39 is 0 Å². The predicted octanol–water partition coefficient (Wildman–Crippen LogP) is 5.32. The molecule has 1 aromatic carbocycles. The third-order valence-electron chi connectivity index (χ3n) is 6.80. The fourth-order valence-electron chi connectivity index (χ4n) is 5.06. The molecule has 0 unspecified atom stereocenters. The number of hydrogen-bond donors (Lipinski definition) is 1. The van der Waals surface area contributed by atoms with Crippen LogP contribution in [-0.2, 0) is 4.79 Å². The second-order valence-electron chi connectivity index (χ2n) is 8.32. The van der Waals surface area contributed by atoms with Crippen LogP contribution in [-0.4, -0.2) is 15.9 Å². The Morgan fingerprint density at radius 1 is 0.964 bits per heavy atom. The number of fused-ring (bicyclic) bond motifs is 1. The van der Waals surface area contributed by atoms with E-state index in [0.29, 0.717) is 11.8 Å². The highest BCUT2D eigenvalue weighted by Crippen LogP contribution is 2.58. The molecule has 142 valence electrons. The van der Waals surface area contributed by atoms with Crippen molar-refractivity contribution in [3.63, 3.8) is 0 Å². The summed E-state index contributed by atoms with van der Waals surface area (Å²) in [6, 6.07) is 14.0. The Kier molecular flexibility index (Phi) is 4.34. The van der Waals surface area contributed by atoms with Gasteiger partial charge < -0.3 is 5.32 Å². The average Bonchev–Trinajstić information content (AvgIpc) is 3.56. The molecule has 2 saturated carbocycles. The van der Waals surface area contributed by atoms with Crippen molar-refractivity contribution < 1.29 is 4.79 Å². The third-order valence-corrected chi connectivity index (χ3v) is 6.80. The number of anilines is 1. The summed E-state index contributed by atoms with van der Waals surface area (Å²) in [5, 5.41) is 4.33. The summed E-state index contributed by atoms with van der Waals surface area (Å²) in [5.41, 5.74) is 3.16. The molecule has 3 aromatic rings. The maximum absolute atomic E-state index is 13.0. The van der Waals surface area contributed by atoms with Crippen molar-refractivity contribution in [3.05, 3.63) is 66.6 Å². The zero-order chi connectivity index (χ0) is 19.0. The molecule has 5 rings (SSSR count). The lowest BCUT2D eigenvalue weighted by Gasteiger charge is -2.34. The normalized spacial score (nSPS) is 23.3. The van der Waals surface area contributed by atoms with Crippen molar-refractivity contribution in [1.82, 2.24) is 9.97 Å². The van der Waals surface area contributed by atoms with Crippen LogP contribution < -0.4 is 5.32 Å². The third kappa shape index (κ3) is 3.07. The molecule has 0 spiro atoms. The van der Waals surface area contributed by atoms with Gasteiger partial charge in [-0.3, -0.25) is 14.8 Å². The van der Waals surface area contributed by atoms with Gasteiger partial charge >= 0.3 is 0 Å². The number of carbonyl (C=O) groups is 1. The molecule has 0 atom stereocenters. The number of aromatic nitrogens is 2. The summed E-state index contributed by atoms with van der Waals surface area (Å²) in [6.07, 6.45) is 12.2. The average molecular weight is 371 g/mol. The van der Waals surface area contributed by atoms with Gasteiger partial charge in [0.2, 0.25) is 5.91 Å². The topological polar surface area (TPSA) is 54.9 Å². The minimum atomic E-state index is -0.136. The van der Waals surface area contributed by atoms with E-state index in [0.717, 1.165) is 49.7 Å². The van der Waals surface area contributed by atoms with E-state index in [2.05, 4.69) is 21.4 Å². The molecule has 2 fully saturated rings. The van der Waals surface area contributed by atoms with Crippen molar-refractivity contribution in [1.29, 1.82) is 0 Å². The summed E-state index contributed by atoms with van der Waals surface area (Å²) < 4.78 is 0. The van der Waals surface area contributed by atoms with Gasteiger partial charge in [0.25, 0.3) is 0 Å². The highest BCUT2D eigenvalue weighted by Gasteiger charge is 2.55. The van der Waals surface area contributed by atoms with Gasteiger partial charge in [-0.05, 0) is 80.2 Å². The Morgan fingerprint density at radius 2 is 1.75 bits per heavy atom. The van der Waals surface area contributed by atoms with Crippen LogP contribution in [0.15, 0.2) is 61.1 Å². The first-order valence-electron chi connectivity index (χ1n) is 10.3. The Bertz CT molecular complexity index is 984. The van der Waals surface area contributed by atoms with Gasteiger partial charge in [0.15, 0.2) is 0 Å². The predicted molar refractivity (Wildman–Crippen MR) is 111 cm³/mol. The van der Waals surface area contributed by atoms with Gasteiger partial charge in [-0.2, -0.15) is 0 Å². The van der Waals surface area contributed by atoms with Crippen molar-refractivity contribution in [2.24, 2.45) is 11.3 Å². The van der Waals surface area contributed by atoms with Crippen molar-refractivity contribution >= 4 is 22.5 Å². The minimum absolute atomic E-state index is 0.136. The Balaban J connectivity index is 1.29. The lowest BCUT2D eigenvalue weighted by atomic mass is 9.71. The summed E-state index contributed by atoms with van der Waals surface area (Å²) in [4.78, 5) is 21.8. The largest absolute Gasteiger partial charge is 0.326 e. The number of hydrogen-bond acceptors (Lipinski definition) is 3. The van der Waals surface area contributed by atoms with Crippen LogP contribution in [0.3, 0.4) is 0 Å². The van der Waals surface area contributed by atoms with E-state index in [1.807, 2.05) is 48.8 Å². The smallest absolute Gasteiger partial charge is 0.230 e. The molecule has 4 heteroatoms. The summed E-state index contributed by atoms with van der Waals surface area (Å²) in [6.45, 7) is 0. The molecule has 0 saturated heterocycles. The van der Waals surface area contributed by atoms with E-state index >= 15 is 0 Å². The standard InChI is InChI=1S/C24H25N3O/c28-23(27-19-4-2-1-3-5-19)24(12-13-24)18-8-6-17(7-9-18)20-10-15-26-22-11-14-25-16-21(20)22/h1-5,10-11,14-18H,6-9,12-13H2,(H,27,28)/t17-,18+. The Labute approximate surface area is 165 Å². The zero-order valence-corrected chi connectivity index (χ0v) is 16.0. The van der Waals surface area contributed by atoms with Crippen LogP contribution in [0.1, 0.15) is 50.0 Å². The number of pyridine rings is 2. The number of para-hydroxylation sites is 1. The second kappa shape index (κ2) is 7.01. The highest BCUT2D eigenvalue weighted by atomic mass is 16.2. The molecule has 2 aromatic heterocycles. The van der Waals surface area contributed by atoms with Gasteiger partial charge in [-0.25, -0.2) is 0 Å². The zero-order valence-electron chi connectivity index (χ0n) is 16.0. The van der Waals surface area contributed by atoms with Crippen molar-refractivity contribution in [2.45, 2.75) is 44.4 Å². The summed E-state index contributed by atoms with van der Waals surface area (Å²) in [7, 11) is 0. The number of carbonyl (C=O) groups excluding carboxylic acids is 1. The number of rotatable bonds is 4. The van der Waals surface area contributed by atoms with Crippen LogP contribution in [0, 0.1) is 11.3 Å². The monoisotopic (exact) mass is 371 g/mol. The fraction of sp³-hybridized carbons (Fsp3) is 0.375. The second-order valence-corrected chi connectivity index (χ2v) is 8.32. The minimum Gasteiger partial charge on any atom is -0.326 e. The highest BCUT2D eigenvalue weighted by molar-refractivity contribution is 5.97. The van der Waals surface area contributed by atoms with Gasteiger partial charge in [-0.15, -0.1) is 0 Å². The number of nitrogens with zero attached hydrogens (tertiary/aromatic N) is 2. The SMILES string of the molecule is O=C(Nc1ccccc1)C1([C@H]2CC[C@@H](c3ccnc4ccncc43)CC2)CC1. The maximum atomic E-state index is 13.0. The molecule has 1 N–H and O–H groups in total. The molecule has 28 heavy (non-hydrogen) atoms. The van der Waals surface area contributed by atoms with E-state index in [4.69, 9.17) is 0 Å². The Hall–Kier alpha value is -2.75. The molecule has 1 amide bonds. The lowest BCUT2D eigenvalue weighted by molar-refractivity contribution is -0.123. The first kappa shape index (κ1) is 17.4. The van der Waals surface area contributed by atoms with E-state index in [-0.39, 0.29) is 11.3 Å². The number of amides is 1. The van der Waals surface area contributed by atoms with Crippen molar-refractivity contribution in [3.8, 4) is 0 Å². The molecule has 0 aliphatic heterocycles. The molecule has 0 bridgehead atoms. The summed E-state index contributed by atoms with van der Waals surface area (Å²) >= 11 is 0. The molecular weight excluding hydrogens is 346 g/mol. The van der Waals surface area contributed by atoms with Crippen LogP contribution in [0.5, 0.6) is 0 Å². The maximum Gasteiger partial charge on any atom is 0.230 e. The van der Waals surface area contributed by atoms with Gasteiger partial charge in [0.05, 0.1) is 10.9 Å². The number of benzene rings is 1. The first-order valence-corrected chi connectivity index (χ1v) is 10.3. The van der Waals surface area contributed by atoms with E-state index in [1.165, 1.54) is 10.9 Å². The quantitative estimate of drug-likeness (QED) is 0.675. The molecule has 4 nitrogen and oxygen atoms in total. The first-order chi connectivity index (χ1) is 13.8. The molecular formula is C24H25N3O. The molecule has 2 heterocycles. The van der Waals surface area contributed by atoms with E-state index in [1.54, 1.807) is 6.20 Å². The van der Waals surface area contributed by atoms with Gasteiger partial charge in [-0.1, -0.05) is 18.2 Å². The van der Waals surface area contributed by atoms with Crippen molar-refractivity contribution in [2.75, 3.05) is 5.32 Å². The van der Waals surface area contributed by atoms with Crippen LogP contribution in [0.25, 0.3) is 10.9 Å². The van der Waals surface area contributed by atoms with Crippen LogP contribution >= 0.6 is 0 Å². The van der Waals surface area contributed by atoms with Crippen LogP contribution in [0.4, 0.5) is 5.69 Å². The Morgan fingerprint density at radius 3 is 2.50 bits per heavy atom. The van der Waals surface area contributed by atoms with E-state index in [9.17, 15) is 4.79 Å². The molecule has 2 aliphatic rings. The van der Waals surface area contributed by atoms with Gasteiger partial charge in [0.1, 0.15) is 0 Å².